The fraction of sp³-hybridized carbons (Fsp3) is 0.333. The van der Waals surface area contributed by atoms with E-state index in [0.29, 0.717) is 5.56 Å². The van der Waals surface area contributed by atoms with Crippen molar-refractivity contribution in [2.24, 2.45) is 4.99 Å². The van der Waals surface area contributed by atoms with Crippen LogP contribution in [0, 0.1) is 6.92 Å². The summed E-state index contributed by atoms with van der Waals surface area (Å²) in [6, 6.07) is 5.11. The Morgan fingerprint density at radius 2 is 1.45 bits per heavy atom. The van der Waals surface area contributed by atoms with E-state index in [-0.39, 0.29) is 5.56 Å². The molecule has 0 saturated carbocycles. The molecular formula is C15H8F10N2OS. The first-order valence-corrected chi connectivity index (χ1v) is 8.09. The van der Waals surface area contributed by atoms with Crippen LogP contribution in [0.3, 0.4) is 0 Å². The maximum atomic E-state index is 13.6. The van der Waals surface area contributed by atoms with Gasteiger partial charge in [0.2, 0.25) is 5.83 Å². The zero-order chi connectivity index (χ0) is 22.4. The Morgan fingerprint density at radius 3 is 1.86 bits per heavy atom. The number of benzene rings is 1. The number of hydrogen-bond acceptors (Lipinski definition) is 3. The Bertz CT molecular complexity index is 851. The second-order valence-corrected chi connectivity index (χ2v) is 6.69. The summed E-state index contributed by atoms with van der Waals surface area (Å²) in [7, 11) is 0. The van der Waals surface area contributed by atoms with Gasteiger partial charge in [0.25, 0.3) is 11.4 Å². The molecule has 0 atom stereocenters. The number of carbonyl (C=O) groups is 1. The van der Waals surface area contributed by atoms with Crippen molar-refractivity contribution < 1.29 is 48.7 Å². The van der Waals surface area contributed by atoms with Crippen molar-refractivity contribution in [2.45, 2.75) is 31.0 Å². The molecule has 29 heavy (non-hydrogen) atoms. The summed E-state index contributed by atoms with van der Waals surface area (Å²) in [5.74, 6) is -4.86. The van der Waals surface area contributed by atoms with Crippen LogP contribution in [0.1, 0.15) is 15.9 Å². The number of rotatable bonds is 1. The second-order valence-electron chi connectivity index (χ2n) is 5.69. The second kappa shape index (κ2) is 7.22. The Kier molecular flexibility index (Phi) is 5.73. The Balaban J connectivity index is 2.59. The Labute approximate surface area is 159 Å². The number of nitrogens with one attached hydrogen (secondary N) is 1. The fourth-order valence-corrected chi connectivity index (χ4v) is 3.35. The highest BCUT2D eigenvalue weighted by Crippen LogP contribution is 2.59. The fourth-order valence-electron chi connectivity index (χ4n) is 2.20. The molecule has 3 nitrogen and oxygen atoms in total. The van der Waals surface area contributed by atoms with Gasteiger partial charge in [-0.2, -0.15) is 39.5 Å². The number of allylic oxidation sites excluding steroid dienone is 1. The number of aliphatic imine (C=N–C) groups is 1. The lowest BCUT2D eigenvalue weighted by atomic mass is 9.97. The molecule has 160 valence electrons. The minimum Gasteiger partial charge on any atom is -0.301 e. The molecule has 14 heteroatoms. The SMILES string of the molecule is Cc1ccc(C(=O)NC2=NC(C(F)(F)F)(C(F)(F)F)C(=C(F)C(F)(F)F)S2)cc1. The van der Waals surface area contributed by atoms with Crippen molar-refractivity contribution in [1.29, 1.82) is 0 Å². The predicted molar refractivity (Wildman–Crippen MR) is 82.7 cm³/mol. The molecule has 1 heterocycles. The highest BCUT2D eigenvalue weighted by Gasteiger charge is 2.77. The molecule has 1 aromatic carbocycles. The predicted octanol–water partition coefficient (Wildman–Crippen LogP) is 5.43. The van der Waals surface area contributed by atoms with E-state index in [1.54, 1.807) is 12.2 Å². The quantitative estimate of drug-likeness (QED) is 0.575. The highest BCUT2D eigenvalue weighted by molar-refractivity contribution is 8.17. The monoisotopic (exact) mass is 454 g/mol. The van der Waals surface area contributed by atoms with Crippen molar-refractivity contribution in [2.75, 3.05) is 0 Å². The molecule has 0 spiro atoms. The molecule has 0 aromatic heterocycles. The lowest BCUT2D eigenvalue weighted by molar-refractivity contribution is -0.280. The van der Waals surface area contributed by atoms with Crippen molar-refractivity contribution in [3.8, 4) is 0 Å². The van der Waals surface area contributed by atoms with E-state index in [0.717, 1.165) is 0 Å². The molecule has 2 rings (SSSR count). The van der Waals surface area contributed by atoms with Crippen molar-refractivity contribution >= 4 is 22.8 Å². The van der Waals surface area contributed by atoms with Crippen LogP contribution in [0.2, 0.25) is 0 Å². The number of alkyl halides is 9. The van der Waals surface area contributed by atoms with Crippen molar-refractivity contribution in [3.05, 3.63) is 46.1 Å². The number of thioether (sulfide) groups is 1. The van der Waals surface area contributed by atoms with Crippen molar-refractivity contribution in [1.82, 2.24) is 5.32 Å². The van der Waals surface area contributed by atoms with Crippen LogP contribution in [0.4, 0.5) is 43.9 Å². The number of amides is 1. The van der Waals surface area contributed by atoms with Crippen LogP contribution in [-0.4, -0.2) is 35.1 Å². The van der Waals surface area contributed by atoms with Gasteiger partial charge < -0.3 is 5.32 Å². The van der Waals surface area contributed by atoms with Crippen molar-refractivity contribution in [3.63, 3.8) is 0 Å². The summed E-state index contributed by atoms with van der Waals surface area (Å²) in [4.78, 5) is 11.5. The molecule has 0 bridgehead atoms. The van der Waals surface area contributed by atoms with E-state index >= 15 is 0 Å². The van der Waals surface area contributed by atoms with Gasteiger partial charge in [-0.3, -0.25) is 4.79 Å². The maximum Gasteiger partial charge on any atom is 0.443 e. The standard InChI is InChI=1S/C15H8F10N2OS/c1-6-2-4-7(5-3-6)10(28)26-11-27-12(14(20,21)22,15(23,24)25)9(29-11)8(16)13(17,18)19/h2-5H,1H3,(H,26,27,28). The van der Waals surface area contributed by atoms with Gasteiger partial charge in [-0.15, -0.1) is 0 Å². The molecule has 1 amide bonds. The number of nitrogens with zero attached hydrogens (tertiary/aromatic N) is 1. The maximum absolute atomic E-state index is 13.6. The number of amidine groups is 1. The van der Waals surface area contributed by atoms with E-state index < -0.39 is 57.6 Å². The largest absolute Gasteiger partial charge is 0.443 e. The zero-order valence-electron chi connectivity index (χ0n) is 13.9. The third-order valence-electron chi connectivity index (χ3n) is 3.60. The minimum absolute atomic E-state index is 0.225. The third kappa shape index (κ3) is 4.21. The first-order valence-electron chi connectivity index (χ1n) is 7.27. The molecule has 0 saturated heterocycles. The molecule has 1 aliphatic heterocycles. The molecule has 1 aromatic rings. The molecule has 0 unspecified atom stereocenters. The van der Waals surface area contributed by atoms with E-state index in [4.69, 9.17) is 0 Å². The Hall–Kier alpha value is -2.25. The van der Waals surface area contributed by atoms with Crippen LogP contribution in [0.5, 0.6) is 0 Å². The average Bonchev–Trinajstić information content (AvgIpc) is 2.94. The van der Waals surface area contributed by atoms with Gasteiger partial charge >= 0.3 is 18.5 Å². The molecular weight excluding hydrogens is 446 g/mol. The number of hydrogen-bond donors (Lipinski definition) is 1. The number of aryl methyl sites for hydroxylation is 1. The first kappa shape index (κ1) is 23.0. The highest BCUT2D eigenvalue weighted by atomic mass is 32.2. The number of carbonyl (C=O) groups excluding carboxylic acids is 1. The summed E-state index contributed by atoms with van der Waals surface area (Å²) in [6.45, 7) is 1.62. The normalized spacial score (nSPS) is 19.1. The van der Waals surface area contributed by atoms with E-state index in [1.165, 1.54) is 24.3 Å². The topological polar surface area (TPSA) is 41.5 Å². The molecule has 0 fully saturated rings. The summed E-state index contributed by atoms with van der Waals surface area (Å²) in [6.07, 6.45) is -19.1. The number of halogens is 10. The summed E-state index contributed by atoms with van der Waals surface area (Å²) < 4.78 is 131. The van der Waals surface area contributed by atoms with Crippen LogP contribution in [0.15, 0.2) is 40.0 Å². The van der Waals surface area contributed by atoms with Gasteiger partial charge in [-0.1, -0.05) is 29.5 Å². The van der Waals surface area contributed by atoms with Gasteiger partial charge in [0, 0.05) is 5.56 Å². The minimum atomic E-state index is -6.48. The van der Waals surface area contributed by atoms with Gasteiger partial charge in [0.05, 0.1) is 4.91 Å². The summed E-state index contributed by atoms with van der Waals surface area (Å²) in [5, 5.41) is 0.0693. The molecule has 0 radical (unpaired) electrons. The summed E-state index contributed by atoms with van der Waals surface area (Å²) >= 11 is -0.905. The smallest absolute Gasteiger partial charge is 0.301 e. The Morgan fingerprint density at radius 1 is 0.966 bits per heavy atom. The molecule has 1 aliphatic rings. The lowest BCUT2D eigenvalue weighted by Crippen LogP contribution is -2.55. The van der Waals surface area contributed by atoms with Crippen LogP contribution < -0.4 is 5.32 Å². The van der Waals surface area contributed by atoms with Gasteiger partial charge in [-0.05, 0) is 19.1 Å². The lowest BCUT2D eigenvalue weighted by Gasteiger charge is -2.31. The molecule has 1 N–H and O–H groups in total. The van der Waals surface area contributed by atoms with Crippen LogP contribution in [-0.2, 0) is 0 Å². The zero-order valence-corrected chi connectivity index (χ0v) is 14.7. The third-order valence-corrected chi connectivity index (χ3v) is 4.66. The van der Waals surface area contributed by atoms with E-state index in [1.807, 2.05) is 0 Å². The van der Waals surface area contributed by atoms with Crippen LogP contribution >= 0.6 is 11.8 Å². The summed E-state index contributed by atoms with van der Waals surface area (Å²) in [5.41, 5.74) is -5.07. The molecule has 0 aliphatic carbocycles. The van der Waals surface area contributed by atoms with E-state index in [2.05, 4.69) is 4.99 Å². The average molecular weight is 454 g/mol. The van der Waals surface area contributed by atoms with Gasteiger partial charge in [-0.25, -0.2) is 9.38 Å². The van der Waals surface area contributed by atoms with Gasteiger partial charge in [0.15, 0.2) is 5.17 Å². The van der Waals surface area contributed by atoms with E-state index in [9.17, 15) is 48.7 Å². The first-order chi connectivity index (χ1) is 13.0. The van der Waals surface area contributed by atoms with Gasteiger partial charge in [0.1, 0.15) is 0 Å². The van der Waals surface area contributed by atoms with Crippen LogP contribution in [0.25, 0.3) is 0 Å².